The number of nitro benzene ring substituents is 1. The topological polar surface area (TPSA) is 115 Å². The molecule has 5 rings (SSSR count). The number of aryl methyl sites for hydroxylation is 1. The second-order valence-electron chi connectivity index (χ2n) is 9.50. The first-order valence-corrected chi connectivity index (χ1v) is 13.0. The summed E-state index contributed by atoms with van der Waals surface area (Å²) in [6.45, 7) is 5.34. The van der Waals surface area contributed by atoms with Gasteiger partial charge in [-0.2, -0.15) is 0 Å². The van der Waals surface area contributed by atoms with E-state index in [-0.39, 0.29) is 23.7 Å². The number of nitrogens with zero attached hydrogens (tertiary/aromatic N) is 4. The molecule has 3 heterocycles. The Morgan fingerprint density at radius 3 is 2.50 bits per heavy atom. The van der Waals surface area contributed by atoms with Gasteiger partial charge in [0.25, 0.3) is 5.69 Å². The standard InChI is InChI=1S/C29H28N6O4S/c1-17-15-23(18(2)33(17)25-13-12-22(39-4)16-26(25)35(37)38)28-27(24-7-5-6-14-30-24)32-29(40)34(28)21-10-8-20(9-11-21)31-19(3)36/h5-16,27-28H,1-4H3,(H,31,36)(H,32,40)/t27-,28-/m1/s1. The third-order valence-corrected chi connectivity index (χ3v) is 7.29. The first-order chi connectivity index (χ1) is 19.2. The lowest BCUT2D eigenvalue weighted by molar-refractivity contribution is -0.384. The molecule has 40 heavy (non-hydrogen) atoms. The van der Waals surface area contributed by atoms with Crippen LogP contribution in [0.25, 0.3) is 5.69 Å². The molecule has 0 aliphatic carbocycles. The maximum absolute atomic E-state index is 12.0. The minimum absolute atomic E-state index is 0.0561. The number of anilines is 2. The Labute approximate surface area is 236 Å². The molecule has 2 atom stereocenters. The molecule has 0 spiro atoms. The maximum Gasteiger partial charge on any atom is 0.296 e. The SMILES string of the molecule is COc1ccc(-n2c(C)cc([C@@H]3[C@@H](c4ccccn4)NC(=S)N3c3ccc(NC(C)=O)cc3)c2C)c([N+](=O)[O-])c1. The van der Waals surface area contributed by atoms with Crippen LogP contribution in [0.1, 0.15) is 41.7 Å². The fourth-order valence-electron chi connectivity index (χ4n) is 5.28. The number of carbonyl (C=O) groups excluding carboxylic acids is 1. The van der Waals surface area contributed by atoms with Crippen molar-refractivity contribution in [2.45, 2.75) is 32.9 Å². The smallest absolute Gasteiger partial charge is 0.296 e. The summed E-state index contributed by atoms with van der Waals surface area (Å²) in [6, 6.07) is 19.5. The zero-order valence-electron chi connectivity index (χ0n) is 22.4. The van der Waals surface area contributed by atoms with Crippen LogP contribution >= 0.6 is 12.2 Å². The van der Waals surface area contributed by atoms with Crippen LogP contribution in [0.2, 0.25) is 0 Å². The van der Waals surface area contributed by atoms with E-state index in [0.29, 0.717) is 22.2 Å². The molecular weight excluding hydrogens is 528 g/mol. The van der Waals surface area contributed by atoms with Gasteiger partial charge >= 0.3 is 0 Å². The number of hydrogen-bond donors (Lipinski definition) is 2. The van der Waals surface area contributed by atoms with Crippen molar-refractivity contribution in [3.8, 4) is 11.4 Å². The molecule has 0 unspecified atom stereocenters. The van der Waals surface area contributed by atoms with Gasteiger partial charge in [0.15, 0.2) is 5.11 Å². The summed E-state index contributed by atoms with van der Waals surface area (Å²) in [5.41, 5.74) is 5.32. The first-order valence-electron chi connectivity index (χ1n) is 12.6. The van der Waals surface area contributed by atoms with Crippen LogP contribution in [0, 0.1) is 24.0 Å². The number of hydrogen-bond acceptors (Lipinski definition) is 6. The van der Waals surface area contributed by atoms with Crippen LogP contribution in [0.15, 0.2) is 72.9 Å². The van der Waals surface area contributed by atoms with Crippen molar-refractivity contribution in [2.75, 3.05) is 17.3 Å². The maximum atomic E-state index is 12.0. The molecule has 2 aromatic carbocycles. The molecule has 1 amide bonds. The summed E-state index contributed by atoms with van der Waals surface area (Å²) in [5, 5.41) is 18.8. The van der Waals surface area contributed by atoms with Gasteiger partial charge in [0.2, 0.25) is 5.91 Å². The zero-order chi connectivity index (χ0) is 28.6. The molecule has 10 nitrogen and oxygen atoms in total. The number of thiocarbonyl (C=S) groups is 1. The minimum atomic E-state index is -0.401. The number of aromatic nitrogens is 2. The van der Waals surface area contributed by atoms with Gasteiger partial charge in [-0.15, -0.1) is 0 Å². The quantitative estimate of drug-likeness (QED) is 0.173. The second-order valence-corrected chi connectivity index (χ2v) is 9.88. The van der Waals surface area contributed by atoms with E-state index in [0.717, 1.165) is 28.3 Å². The van der Waals surface area contributed by atoms with E-state index >= 15 is 0 Å². The van der Waals surface area contributed by atoms with Gasteiger partial charge in [0, 0.05) is 35.9 Å². The van der Waals surface area contributed by atoms with Gasteiger partial charge in [0.1, 0.15) is 11.4 Å². The number of ether oxygens (including phenoxy) is 1. The third-order valence-electron chi connectivity index (χ3n) is 6.97. The highest BCUT2D eigenvalue weighted by molar-refractivity contribution is 7.80. The molecule has 2 N–H and O–H groups in total. The van der Waals surface area contributed by atoms with E-state index in [4.69, 9.17) is 17.0 Å². The van der Waals surface area contributed by atoms with Crippen LogP contribution in [0.3, 0.4) is 0 Å². The number of benzene rings is 2. The monoisotopic (exact) mass is 556 g/mol. The van der Waals surface area contributed by atoms with Gasteiger partial charge in [-0.25, -0.2) is 0 Å². The number of rotatable bonds is 7. The van der Waals surface area contributed by atoms with Crippen molar-refractivity contribution in [3.63, 3.8) is 0 Å². The normalized spacial score (nSPS) is 16.5. The van der Waals surface area contributed by atoms with Crippen molar-refractivity contribution in [2.24, 2.45) is 0 Å². The number of nitro groups is 1. The fraction of sp³-hybridized carbons (Fsp3) is 0.207. The average Bonchev–Trinajstić information content (AvgIpc) is 3.43. The van der Waals surface area contributed by atoms with Crippen molar-refractivity contribution < 1.29 is 14.5 Å². The fourth-order valence-corrected chi connectivity index (χ4v) is 5.63. The summed E-state index contributed by atoms with van der Waals surface area (Å²) in [7, 11) is 1.48. The molecule has 11 heteroatoms. The third kappa shape index (κ3) is 4.87. The van der Waals surface area contributed by atoms with Gasteiger partial charge in [-0.1, -0.05) is 6.07 Å². The van der Waals surface area contributed by atoms with Crippen LogP contribution in [-0.4, -0.2) is 32.6 Å². The summed E-state index contributed by atoms with van der Waals surface area (Å²) in [6.07, 6.45) is 1.74. The van der Waals surface area contributed by atoms with E-state index in [2.05, 4.69) is 15.6 Å². The van der Waals surface area contributed by atoms with E-state index in [1.54, 1.807) is 18.3 Å². The predicted molar refractivity (Wildman–Crippen MR) is 157 cm³/mol. The molecule has 2 aromatic heterocycles. The first kappa shape index (κ1) is 26.8. The molecule has 0 bridgehead atoms. The zero-order valence-corrected chi connectivity index (χ0v) is 23.2. The Morgan fingerprint density at radius 2 is 1.88 bits per heavy atom. The Bertz CT molecular complexity index is 1600. The highest BCUT2D eigenvalue weighted by Crippen LogP contribution is 2.44. The van der Waals surface area contributed by atoms with Crippen LogP contribution in [0.4, 0.5) is 17.1 Å². The van der Waals surface area contributed by atoms with Crippen molar-refractivity contribution in [1.82, 2.24) is 14.9 Å². The molecule has 1 fully saturated rings. The Hall–Kier alpha value is -4.77. The molecule has 204 valence electrons. The van der Waals surface area contributed by atoms with E-state index in [1.807, 2.05) is 71.8 Å². The number of carbonyl (C=O) groups is 1. The Morgan fingerprint density at radius 1 is 1.12 bits per heavy atom. The lowest BCUT2D eigenvalue weighted by atomic mass is 9.96. The number of methoxy groups -OCH3 is 1. The lowest BCUT2D eigenvalue weighted by Crippen LogP contribution is -2.29. The lowest BCUT2D eigenvalue weighted by Gasteiger charge is -2.28. The summed E-state index contributed by atoms with van der Waals surface area (Å²) < 4.78 is 7.13. The van der Waals surface area contributed by atoms with Gasteiger partial charge in [0.05, 0.1) is 35.9 Å². The molecule has 0 saturated carbocycles. The number of pyridine rings is 1. The largest absolute Gasteiger partial charge is 0.496 e. The van der Waals surface area contributed by atoms with Crippen molar-refractivity contribution >= 4 is 40.3 Å². The Balaban J connectivity index is 1.66. The van der Waals surface area contributed by atoms with Crippen LogP contribution < -0.4 is 20.3 Å². The Kier molecular flexibility index (Phi) is 7.22. The van der Waals surface area contributed by atoms with Gasteiger partial charge < -0.3 is 24.8 Å². The van der Waals surface area contributed by atoms with E-state index in [9.17, 15) is 14.9 Å². The molecule has 1 aliphatic rings. The van der Waals surface area contributed by atoms with Crippen molar-refractivity contribution in [3.05, 3.63) is 106 Å². The summed E-state index contributed by atoms with van der Waals surface area (Å²) >= 11 is 5.85. The average molecular weight is 557 g/mol. The summed E-state index contributed by atoms with van der Waals surface area (Å²) in [5.74, 6) is 0.256. The number of amides is 1. The molecule has 1 saturated heterocycles. The van der Waals surface area contributed by atoms with E-state index < -0.39 is 4.92 Å². The predicted octanol–water partition coefficient (Wildman–Crippen LogP) is 5.54. The highest BCUT2D eigenvalue weighted by atomic mass is 32.1. The summed E-state index contributed by atoms with van der Waals surface area (Å²) in [4.78, 5) is 29.8. The van der Waals surface area contributed by atoms with Crippen molar-refractivity contribution in [1.29, 1.82) is 0 Å². The van der Waals surface area contributed by atoms with Gasteiger partial charge in [-0.05, 0) is 86.2 Å². The second kappa shape index (κ2) is 10.8. The molecular formula is C29H28N6O4S. The minimum Gasteiger partial charge on any atom is -0.496 e. The molecule has 1 aliphatic heterocycles. The molecule has 4 aromatic rings. The van der Waals surface area contributed by atoms with Gasteiger partial charge in [-0.3, -0.25) is 19.9 Å². The van der Waals surface area contributed by atoms with Crippen LogP contribution in [0.5, 0.6) is 5.75 Å². The number of nitrogens with one attached hydrogen (secondary N) is 2. The van der Waals surface area contributed by atoms with Crippen LogP contribution in [-0.2, 0) is 4.79 Å². The molecule has 0 radical (unpaired) electrons. The highest BCUT2D eigenvalue weighted by Gasteiger charge is 2.42. The van der Waals surface area contributed by atoms with E-state index in [1.165, 1.54) is 20.1 Å².